The minimum absolute atomic E-state index is 0.303. The number of aryl methyl sites for hydroxylation is 1. The van der Waals surface area contributed by atoms with Crippen molar-refractivity contribution >= 4 is 28.9 Å². The molecule has 0 unspecified atom stereocenters. The molecule has 5 nitrogen and oxygen atoms in total. The van der Waals surface area contributed by atoms with Crippen LogP contribution in [0.25, 0.3) is 10.8 Å². The van der Waals surface area contributed by atoms with Gasteiger partial charge in [0.2, 0.25) is 0 Å². The molecule has 5 heteroatoms. The lowest BCUT2D eigenvalue weighted by atomic mass is 9.97. The fourth-order valence-electron chi connectivity index (χ4n) is 4.85. The molecule has 2 aliphatic heterocycles. The van der Waals surface area contributed by atoms with Gasteiger partial charge in [0.05, 0.1) is 12.3 Å². The number of anilines is 1. The average molecular weight is 418 g/mol. The van der Waals surface area contributed by atoms with E-state index in [-0.39, 0.29) is 0 Å². The van der Waals surface area contributed by atoms with Gasteiger partial charge < -0.3 is 15.5 Å². The number of benzene rings is 2. The van der Waals surface area contributed by atoms with Crippen molar-refractivity contribution in [1.82, 2.24) is 4.90 Å². The fourth-order valence-corrected chi connectivity index (χ4v) is 4.85. The Morgan fingerprint density at radius 2 is 1.87 bits per heavy atom. The number of hydrogen-bond acceptors (Lipinski definition) is 5. The highest BCUT2D eigenvalue weighted by atomic mass is 15.2. The van der Waals surface area contributed by atoms with Crippen LogP contribution in [0.4, 0.5) is 5.69 Å². The van der Waals surface area contributed by atoms with E-state index < -0.39 is 0 Å². The first-order valence-electron chi connectivity index (χ1n) is 11.6. The molecule has 0 atom stereocenters. The normalized spacial score (nSPS) is 21.1. The van der Waals surface area contributed by atoms with Crippen LogP contribution in [0.1, 0.15) is 38.2 Å². The quantitative estimate of drug-likeness (QED) is 0.727. The van der Waals surface area contributed by atoms with Crippen molar-refractivity contribution in [2.24, 2.45) is 15.7 Å². The summed E-state index contributed by atoms with van der Waals surface area (Å²) in [5.74, 6) is 1.02. The Morgan fingerprint density at radius 1 is 1.13 bits per heavy atom. The maximum atomic E-state index is 6.13. The van der Waals surface area contributed by atoms with Crippen molar-refractivity contribution in [3.05, 3.63) is 53.4 Å². The van der Waals surface area contributed by atoms with Crippen molar-refractivity contribution in [3.63, 3.8) is 0 Å². The number of fused-ring (bicyclic) bond motifs is 1. The van der Waals surface area contributed by atoms with E-state index in [9.17, 15) is 0 Å². The van der Waals surface area contributed by atoms with Gasteiger partial charge in [-0.3, -0.25) is 4.99 Å². The zero-order valence-electron chi connectivity index (χ0n) is 19.0. The Kier molecular flexibility index (Phi) is 6.71. The number of likely N-dealkylation sites (tertiary alicyclic amines) is 1. The standard InChI is InChI=1S/C26H35N5/c1-4-14-29-23-18-31(24-10-6-9-20-8-5-7-19(2)25(20)24)17-13-22(23)26(28-3)30-15-11-21(27)12-16-30/h5-10,21H,3-4,11-18,27H2,1-2H3/b26-22+,29-23?. The number of aliphatic imine (C=N–C) groups is 2. The van der Waals surface area contributed by atoms with Crippen LogP contribution in [0.2, 0.25) is 0 Å². The van der Waals surface area contributed by atoms with E-state index in [0.29, 0.717) is 6.04 Å². The second-order valence-corrected chi connectivity index (χ2v) is 8.73. The molecule has 2 heterocycles. The Hall–Kier alpha value is -2.66. The van der Waals surface area contributed by atoms with E-state index >= 15 is 0 Å². The lowest BCUT2D eigenvalue weighted by Crippen LogP contribution is -2.42. The summed E-state index contributed by atoms with van der Waals surface area (Å²) >= 11 is 0. The minimum atomic E-state index is 0.303. The van der Waals surface area contributed by atoms with Crippen LogP contribution >= 0.6 is 0 Å². The molecular formula is C26H35N5. The number of nitrogens with zero attached hydrogens (tertiary/aromatic N) is 4. The molecule has 2 saturated heterocycles. The van der Waals surface area contributed by atoms with Gasteiger partial charge in [0.1, 0.15) is 5.82 Å². The summed E-state index contributed by atoms with van der Waals surface area (Å²) in [6.07, 6.45) is 3.99. The number of hydrogen-bond donors (Lipinski definition) is 1. The van der Waals surface area contributed by atoms with Crippen LogP contribution in [-0.2, 0) is 0 Å². The summed E-state index contributed by atoms with van der Waals surface area (Å²) in [5, 5.41) is 2.64. The lowest BCUT2D eigenvalue weighted by Gasteiger charge is -2.37. The predicted octanol–water partition coefficient (Wildman–Crippen LogP) is 4.54. The van der Waals surface area contributed by atoms with Crippen molar-refractivity contribution in [1.29, 1.82) is 0 Å². The first kappa shape index (κ1) is 21.6. The molecule has 0 saturated carbocycles. The summed E-state index contributed by atoms with van der Waals surface area (Å²) in [6, 6.07) is 13.5. The van der Waals surface area contributed by atoms with Crippen LogP contribution in [0.15, 0.2) is 57.8 Å². The van der Waals surface area contributed by atoms with Gasteiger partial charge in [-0.05, 0) is 56.3 Å². The molecular weight excluding hydrogens is 382 g/mol. The lowest BCUT2D eigenvalue weighted by molar-refractivity contribution is 0.260. The molecule has 31 heavy (non-hydrogen) atoms. The Bertz CT molecular complexity index is 993. The minimum Gasteiger partial charge on any atom is -0.365 e. The maximum absolute atomic E-state index is 6.13. The second kappa shape index (κ2) is 9.65. The smallest absolute Gasteiger partial charge is 0.132 e. The van der Waals surface area contributed by atoms with Crippen molar-refractivity contribution < 1.29 is 0 Å². The van der Waals surface area contributed by atoms with E-state index in [1.54, 1.807) is 0 Å². The number of piperidine rings is 2. The molecule has 0 bridgehead atoms. The highest BCUT2D eigenvalue weighted by molar-refractivity contribution is 6.06. The zero-order chi connectivity index (χ0) is 21.8. The van der Waals surface area contributed by atoms with E-state index in [4.69, 9.17) is 10.7 Å². The number of nitrogens with two attached hydrogens (primary N) is 1. The summed E-state index contributed by atoms with van der Waals surface area (Å²) in [5.41, 5.74) is 11.2. The molecule has 0 spiro atoms. The summed E-state index contributed by atoms with van der Waals surface area (Å²) < 4.78 is 0. The second-order valence-electron chi connectivity index (χ2n) is 8.73. The molecule has 164 valence electrons. The third-order valence-corrected chi connectivity index (χ3v) is 6.54. The third kappa shape index (κ3) is 4.52. The summed E-state index contributed by atoms with van der Waals surface area (Å²) in [6.45, 7) is 12.8. The predicted molar refractivity (Wildman–Crippen MR) is 133 cm³/mol. The van der Waals surface area contributed by atoms with E-state index in [1.165, 1.54) is 27.6 Å². The van der Waals surface area contributed by atoms with Crippen LogP contribution in [-0.4, -0.2) is 56.1 Å². The van der Waals surface area contributed by atoms with Gasteiger partial charge in [-0.2, -0.15) is 0 Å². The summed E-state index contributed by atoms with van der Waals surface area (Å²) in [4.78, 5) is 14.4. The largest absolute Gasteiger partial charge is 0.365 e. The van der Waals surface area contributed by atoms with Crippen LogP contribution < -0.4 is 10.6 Å². The molecule has 0 amide bonds. The van der Waals surface area contributed by atoms with Crippen LogP contribution in [0.3, 0.4) is 0 Å². The van der Waals surface area contributed by atoms with Gasteiger partial charge in [0.25, 0.3) is 0 Å². The Balaban J connectivity index is 1.69. The molecule has 2 aromatic carbocycles. The Morgan fingerprint density at radius 3 is 2.58 bits per heavy atom. The molecule has 2 fully saturated rings. The van der Waals surface area contributed by atoms with Gasteiger partial charge in [0.15, 0.2) is 0 Å². The SMILES string of the molecule is C=N/C(=C1/CCN(c2cccc3cccc(C)c23)CC1=NCCC)N1CCC(N)CC1. The molecule has 2 N–H and O–H groups in total. The molecule has 0 aliphatic carbocycles. The van der Waals surface area contributed by atoms with E-state index in [0.717, 1.165) is 69.9 Å². The van der Waals surface area contributed by atoms with Gasteiger partial charge in [-0.1, -0.05) is 37.3 Å². The molecule has 0 radical (unpaired) electrons. The fraction of sp³-hybridized carbons (Fsp3) is 0.462. The number of rotatable bonds is 5. The van der Waals surface area contributed by atoms with Gasteiger partial charge in [-0.25, -0.2) is 4.99 Å². The molecule has 2 aliphatic rings. The zero-order valence-corrected chi connectivity index (χ0v) is 19.0. The van der Waals surface area contributed by atoms with E-state index in [1.807, 2.05) is 0 Å². The maximum Gasteiger partial charge on any atom is 0.132 e. The topological polar surface area (TPSA) is 57.2 Å². The highest BCUT2D eigenvalue weighted by Crippen LogP contribution is 2.33. The molecule has 0 aromatic heterocycles. The van der Waals surface area contributed by atoms with Crippen molar-refractivity contribution in [2.45, 2.75) is 45.6 Å². The third-order valence-electron chi connectivity index (χ3n) is 6.54. The van der Waals surface area contributed by atoms with Crippen molar-refractivity contribution in [2.75, 3.05) is 37.6 Å². The average Bonchev–Trinajstić information content (AvgIpc) is 2.80. The first-order chi connectivity index (χ1) is 15.1. The van der Waals surface area contributed by atoms with Crippen molar-refractivity contribution in [3.8, 4) is 0 Å². The van der Waals surface area contributed by atoms with Gasteiger partial charge in [-0.15, -0.1) is 0 Å². The van der Waals surface area contributed by atoms with Crippen LogP contribution in [0, 0.1) is 6.92 Å². The van der Waals surface area contributed by atoms with E-state index in [2.05, 4.69) is 71.8 Å². The monoisotopic (exact) mass is 417 g/mol. The Labute approximate surface area is 186 Å². The van der Waals surface area contributed by atoms with Gasteiger partial charge >= 0.3 is 0 Å². The molecule has 4 rings (SSSR count). The highest BCUT2D eigenvalue weighted by Gasteiger charge is 2.27. The first-order valence-corrected chi connectivity index (χ1v) is 11.6. The molecule has 2 aromatic rings. The van der Waals surface area contributed by atoms with Crippen LogP contribution in [0.5, 0.6) is 0 Å². The van der Waals surface area contributed by atoms with Gasteiger partial charge in [0, 0.05) is 48.9 Å². The summed E-state index contributed by atoms with van der Waals surface area (Å²) in [7, 11) is 0.